The fraction of sp³-hybridized carbons (Fsp3) is 0.435. The van der Waals surface area contributed by atoms with Gasteiger partial charge in [-0.1, -0.05) is 60.7 Å². The smallest absolute Gasteiger partial charge is 0.217 e. The molecule has 0 aliphatic carbocycles. The molecular formula is C23H27NO6. The minimum atomic E-state index is -0.694. The zero-order valence-corrected chi connectivity index (χ0v) is 17.1. The van der Waals surface area contributed by atoms with Crippen LogP contribution >= 0.6 is 0 Å². The maximum absolute atomic E-state index is 11.9. The number of amides is 1. The number of carbonyl (C=O) groups excluding carboxylic acids is 1. The fourth-order valence-corrected chi connectivity index (χ4v) is 3.91. The number of fused-ring (bicyclic) bond motifs is 1. The normalized spacial score (nSPS) is 31.0. The third kappa shape index (κ3) is 4.71. The van der Waals surface area contributed by atoms with Crippen molar-refractivity contribution in [2.75, 3.05) is 13.7 Å². The van der Waals surface area contributed by atoms with Crippen LogP contribution in [0.3, 0.4) is 0 Å². The van der Waals surface area contributed by atoms with Gasteiger partial charge in [0.1, 0.15) is 24.4 Å². The molecule has 30 heavy (non-hydrogen) atoms. The molecule has 7 nitrogen and oxygen atoms in total. The van der Waals surface area contributed by atoms with Gasteiger partial charge >= 0.3 is 0 Å². The van der Waals surface area contributed by atoms with Crippen molar-refractivity contribution in [3.63, 3.8) is 0 Å². The second-order valence-electron chi connectivity index (χ2n) is 7.44. The molecule has 4 rings (SSSR count). The zero-order chi connectivity index (χ0) is 20.9. The molecule has 6 unspecified atom stereocenters. The van der Waals surface area contributed by atoms with Crippen LogP contribution in [0.25, 0.3) is 0 Å². The van der Waals surface area contributed by atoms with E-state index in [0.29, 0.717) is 13.2 Å². The quantitative estimate of drug-likeness (QED) is 0.785. The molecule has 2 heterocycles. The number of benzene rings is 2. The van der Waals surface area contributed by atoms with E-state index in [4.69, 9.17) is 23.7 Å². The number of hydrogen-bond donors (Lipinski definition) is 1. The molecule has 6 atom stereocenters. The molecule has 2 fully saturated rings. The minimum Gasteiger partial charge on any atom is -0.376 e. The summed E-state index contributed by atoms with van der Waals surface area (Å²) in [6.07, 6.45) is -2.46. The van der Waals surface area contributed by atoms with Gasteiger partial charge in [0.05, 0.1) is 13.2 Å². The highest BCUT2D eigenvalue weighted by Crippen LogP contribution is 2.35. The van der Waals surface area contributed by atoms with Crippen LogP contribution in [0.5, 0.6) is 0 Å². The summed E-state index contributed by atoms with van der Waals surface area (Å²) < 4.78 is 30.1. The summed E-state index contributed by atoms with van der Waals surface area (Å²) in [6.45, 7) is 2.15. The first kappa shape index (κ1) is 21.0. The van der Waals surface area contributed by atoms with E-state index in [1.807, 2.05) is 60.7 Å². The van der Waals surface area contributed by atoms with Gasteiger partial charge in [-0.2, -0.15) is 0 Å². The number of carbonyl (C=O) groups is 1. The van der Waals surface area contributed by atoms with Crippen molar-refractivity contribution in [3.05, 3.63) is 71.8 Å². The molecule has 0 radical (unpaired) electrons. The number of methoxy groups -OCH3 is 1. The molecule has 0 aromatic heterocycles. The predicted octanol–water partition coefficient (Wildman–Crippen LogP) is 2.56. The molecule has 2 aliphatic rings. The van der Waals surface area contributed by atoms with E-state index in [9.17, 15) is 4.79 Å². The molecule has 1 N–H and O–H groups in total. The summed E-state index contributed by atoms with van der Waals surface area (Å²) in [4.78, 5) is 11.9. The molecule has 2 saturated heterocycles. The number of ether oxygens (including phenoxy) is 5. The van der Waals surface area contributed by atoms with E-state index in [2.05, 4.69) is 5.32 Å². The maximum Gasteiger partial charge on any atom is 0.217 e. The summed E-state index contributed by atoms with van der Waals surface area (Å²) in [7, 11) is 1.60. The van der Waals surface area contributed by atoms with Gasteiger partial charge in [0.15, 0.2) is 12.6 Å². The SMILES string of the molecule is COC1C(NC(C)=O)C(OCc2ccccc2)OC2COC(c3ccccc3)OC21. The van der Waals surface area contributed by atoms with E-state index in [0.717, 1.165) is 11.1 Å². The lowest BCUT2D eigenvalue weighted by atomic mass is 9.95. The topological polar surface area (TPSA) is 75.3 Å². The molecular weight excluding hydrogens is 386 g/mol. The van der Waals surface area contributed by atoms with E-state index < -0.39 is 30.8 Å². The van der Waals surface area contributed by atoms with E-state index in [1.54, 1.807) is 7.11 Å². The summed E-state index contributed by atoms with van der Waals surface area (Å²) in [5, 5.41) is 2.92. The van der Waals surface area contributed by atoms with Gasteiger partial charge < -0.3 is 29.0 Å². The molecule has 0 saturated carbocycles. The largest absolute Gasteiger partial charge is 0.376 e. The third-order valence-corrected chi connectivity index (χ3v) is 5.31. The number of nitrogens with one attached hydrogen (secondary N) is 1. The first-order valence-electron chi connectivity index (χ1n) is 10.1. The van der Waals surface area contributed by atoms with Crippen molar-refractivity contribution < 1.29 is 28.5 Å². The molecule has 2 aromatic carbocycles. The Labute approximate surface area is 176 Å². The standard InChI is InChI=1S/C23H27NO6/c1-15(25)24-19-21(26-2)20-18(14-28-22(30-20)17-11-7-4-8-12-17)29-23(19)27-13-16-9-5-3-6-10-16/h3-12,18-23H,13-14H2,1-2H3,(H,24,25). The van der Waals surface area contributed by atoms with Crippen molar-refractivity contribution in [1.82, 2.24) is 5.32 Å². The Balaban J connectivity index is 1.51. The maximum atomic E-state index is 11.9. The summed E-state index contributed by atoms with van der Waals surface area (Å²) in [6, 6.07) is 19.0. The van der Waals surface area contributed by atoms with E-state index in [1.165, 1.54) is 6.92 Å². The zero-order valence-electron chi connectivity index (χ0n) is 17.1. The van der Waals surface area contributed by atoms with Crippen LogP contribution in [-0.2, 0) is 35.1 Å². The molecule has 2 aliphatic heterocycles. The fourth-order valence-electron chi connectivity index (χ4n) is 3.91. The first-order chi connectivity index (χ1) is 14.7. The van der Waals surface area contributed by atoms with Gasteiger partial charge in [-0.25, -0.2) is 0 Å². The van der Waals surface area contributed by atoms with Gasteiger partial charge in [-0.15, -0.1) is 0 Å². The lowest BCUT2D eigenvalue weighted by Crippen LogP contribution is -2.67. The van der Waals surface area contributed by atoms with Crippen molar-refractivity contribution in [2.45, 2.75) is 50.5 Å². The number of rotatable bonds is 6. The molecule has 0 spiro atoms. The average molecular weight is 413 g/mol. The Hall–Kier alpha value is -2.29. The monoisotopic (exact) mass is 413 g/mol. The van der Waals surface area contributed by atoms with Gasteiger partial charge in [-0.05, 0) is 5.56 Å². The molecule has 2 aromatic rings. The van der Waals surface area contributed by atoms with Gasteiger partial charge in [0, 0.05) is 19.6 Å². The number of hydrogen-bond acceptors (Lipinski definition) is 6. The molecule has 7 heteroatoms. The van der Waals surface area contributed by atoms with Crippen molar-refractivity contribution in [3.8, 4) is 0 Å². The lowest BCUT2D eigenvalue weighted by Gasteiger charge is -2.48. The van der Waals surface area contributed by atoms with Crippen molar-refractivity contribution in [2.24, 2.45) is 0 Å². The van der Waals surface area contributed by atoms with Gasteiger partial charge in [0.2, 0.25) is 5.91 Å². The van der Waals surface area contributed by atoms with Crippen LogP contribution in [0, 0.1) is 0 Å². The Bertz CT molecular complexity index is 817. The highest BCUT2D eigenvalue weighted by atomic mass is 16.7. The second kappa shape index (κ2) is 9.68. The van der Waals surface area contributed by atoms with Crippen LogP contribution in [0.2, 0.25) is 0 Å². The third-order valence-electron chi connectivity index (χ3n) is 5.31. The van der Waals surface area contributed by atoms with Crippen LogP contribution < -0.4 is 5.32 Å². The summed E-state index contributed by atoms with van der Waals surface area (Å²) in [5.74, 6) is -0.191. The predicted molar refractivity (Wildman–Crippen MR) is 108 cm³/mol. The Morgan fingerprint density at radius 2 is 1.77 bits per heavy atom. The van der Waals surface area contributed by atoms with Gasteiger partial charge in [-0.3, -0.25) is 4.79 Å². The van der Waals surface area contributed by atoms with Crippen molar-refractivity contribution >= 4 is 5.91 Å². The van der Waals surface area contributed by atoms with Crippen LogP contribution in [0.1, 0.15) is 24.3 Å². The van der Waals surface area contributed by atoms with Crippen LogP contribution in [0.4, 0.5) is 0 Å². The average Bonchev–Trinajstić information content (AvgIpc) is 2.78. The summed E-state index contributed by atoms with van der Waals surface area (Å²) in [5.41, 5.74) is 1.93. The van der Waals surface area contributed by atoms with Crippen molar-refractivity contribution in [1.29, 1.82) is 0 Å². The first-order valence-corrected chi connectivity index (χ1v) is 10.1. The minimum absolute atomic E-state index is 0.191. The highest BCUT2D eigenvalue weighted by Gasteiger charge is 2.51. The lowest BCUT2D eigenvalue weighted by molar-refractivity contribution is -0.347. The second-order valence-corrected chi connectivity index (χ2v) is 7.44. The molecule has 0 bridgehead atoms. The highest BCUT2D eigenvalue weighted by molar-refractivity contribution is 5.73. The molecule has 160 valence electrons. The van der Waals surface area contributed by atoms with Gasteiger partial charge in [0.25, 0.3) is 0 Å². The Morgan fingerprint density at radius 1 is 1.07 bits per heavy atom. The Morgan fingerprint density at radius 3 is 2.43 bits per heavy atom. The van der Waals surface area contributed by atoms with Crippen LogP contribution in [0.15, 0.2) is 60.7 Å². The van der Waals surface area contributed by atoms with E-state index in [-0.39, 0.29) is 12.0 Å². The summed E-state index contributed by atoms with van der Waals surface area (Å²) >= 11 is 0. The van der Waals surface area contributed by atoms with E-state index >= 15 is 0 Å². The Kier molecular flexibility index (Phi) is 6.76. The van der Waals surface area contributed by atoms with Crippen LogP contribution in [-0.4, -0.2) is 50.3 Å². The molecule has 1 amide bonds.